The van der Waals surface area contributed by atoms with Gasteiger partial charge in [-0.25, -0.2) is 9.67 Å². The second-order valence-corrected chi connectivity index (χ2v) is 7.57. The number of rotatable bonds is 8. The van der Waals surface area contributed by atoms with Gasteiger partial charge >= 0.3 is 0 Å². The molecule has 0 aliphatic rings. The van der Waals surface area contributed by atoms with E-state index in [1.807, 2.05) is 48.9 Å². The summed E-state index contributed by atoms with van der Waals surface area (Å²) in [6.07, 6.45) is 2.30. The minimum absolute atomic E-state index is 0.423. The van der Waals surface area contributed by atoms with Crippen LogP contribution in [-0.4, -0.2) is 44.0 Å². The van der Waals surface area contributed by atoms with E-state index < -0.39 is 0 Å². The van der Waals surface area contributed by atoms with Crippen LogP contribution in [0.5, 0.6) is 0 Å². The molecule has 1 aromatic carbocycles. The highest BCUT2D eigenvalue weighted by molar-refractivity contribution is 5.79. The van der Waals surface area contributed by atoms with E-state index in [-0.39, 0.29) is 0 Å². The first-order chi connectivity index (χ1) is 16.1. The third-order valence-corrected chi connectivity index (χ3v) is 4.97. The van der Waals surface area contributed by atoms with Crippen molar-refractivity contribution in [2.24, 2.45) is 4.99 Å². The van der Waals surface area contributed by atoms with Crippen LogP contribution < -0.4 is 10.6 Å². The van der Waals surface area contributed by atoms with Crippen molar-refractivity contribution in [1.29, 1.82) is 0 Å². The molecule has 4 aromatic rings. The lowest BCUT2D eigenvalue weighted by Crippen LogP contribution is -2.38. The highest BCUT2D eigenvalue weighted by atomic mass is 16.5. The van der Waals surface area contributed by atoms with E-state index in [0.29, 0.717) is 36.9 Å². The van der Waals surface area contributed by atoms with Crippen LogP contribution in [0.2, 0.25) is 0 Å². The molecule has 0 aliphatic heterocycles. The van der Waals surface area contributed by atoms with Crippen LogP contribution in [0, 0.1) is 13.8 Å². The first kappa shape index (κ1) is 22.2. The molecule has 0 unspecified atom stereocenters. The van der Waals surface area contributed by atoms with Gasteiger partial charge in [-0.1, -0.05) is 29.4 Å². The van der Waals surface area contributed by atoms with Crippen molar-refractivity contribution in [2.75, 3.05) is 13.1 Å². The average molecular weight is 445 g/mol. The predicted molar refractivity (Wildman–Crippen MR) is 127 cm³/mol. The molecule has 9 nitrogen and oxygen atoms in total. The SMILES string of the molecule is CCNC(=NCc1ccccc1-n1nc(C)cc1C)NCCc1noc(-c2ccccn2)n1. The normalized spacial score (nSPS) is 11.5. The second-order valence-electron chi connectivity index (χ2n) is 7.57. The van der Waals surface area contributed by atoms with Gasteiger partial charge in [-0.15, -0.1) is 0 Å². The summed E-state index contributed by atoms with van der Waals surface area (Å²) in [7, 11) is 0. The molecule has 33 heavy (non-hydrogen) atoms. The molecule has 4 rings (SSSR count). The molecule has 9 heteroatoms. The summed E-state index contributed by atoms with van der Waals surface area (Å²) in [5.74, 6) is 1.77. The smallest absolute Gasteiger partial charge is 0.276 e. The molecule has 0 fully saturated rings. The maximum atomic E-state index is 5.32. The van der Waals surface area contributed by atoms with Crippen LogP contribution in [0.25, 0.3) is 17.3 Å². The maximum Gasteiger partial charge on any atom is 0.276 e. The van der Waals surface area contributed by atoms with Gasteiger partial charge in [-0.05, 0) is 50.6 Å². The molecule has 0 radical (unpaired) electrons. The quantitative estimate of drug-likeness (QED) is 0.317. The lowest BCUT2D eigenvalue weighted by molar-refractivity contribution is 0.421. The van der Waals surface area contributed by atoms with Gasteiger partial charge in [0.05, 0.1) is 17.9 Å². The Morgan fingerprint density at radius 1 is 1.09 bits per heavy atom. The summed E-state index contributed by atoms with van der Waals surface area (Å²) < 4.78 is 7.29. The monoisotopic (exact) mass is 444 g/mol. The number of guanidine groups is 1. The number of pyridine rings is 1. The highest BCUT2D eigenvalue weighted by Gasteiger charge is 2.11. The number of aromatic nitrogens is 5. The maximum absolute atomic E-state index is 5.32. The van der Waals surface area contributed by atoms with Gasteiger partial charge in [0.1, 0.15) is 5.69 Å². The zero-order valence-electron chi connectivity index (χ0n) is 19.1. The lowest BCUT2D eigenvalue weighted by atomic mass is 10.2. The molecular weight excluding hydrogens is 416 g/mol. The van der Waals surface area contributed by atoms with Gasteiger partial charge < -0.3 is 15.2 Å². The Morgan fingerprint density at radius 3 is 2.70 bits per heavy atom. The Balaban J connectivity index is 1.40. The fraction of sp³-hybridized carbons (Fsp3) is 0.292. The van der Waals surface area contributed by atoms with E-state index in [1.165, 1.54) is 0 Å². The van der Waals surface area contributed by atoms with Gasteiger partial charge in [-0.2, -0.15) is 10.1 Å². The van der Waals surface area contributed by atoms with Gasteiger partial charge in [0.15, 0.2) is 11.8 Å². The third-order valence-electron chi connectivity index (χ3n) is 4.97. The van der Waals surface area contributed by atoms with Gasteiger partial charge in [-0.3, -0.25) is 4.98 Å². The molecule has 0 atom stereocenters. The number of nitrogens with one attached hydrogen (secondary N) is 2. The fourth-order valence-electron chi connectivity index (χ4n) is 3.47. The van der Waals surface area contributed by atoms with Crippen molar-refractivity contribution in [3.05, 3.63) is 77.5 Å². The number of nitrogens with zero attached hydrogens (tertiary/aromatic N) is 6. The minimum Gasteiger partial charge on any atom is -0.357 e. The molecule has 2 N–H and O–H groups in total. The Kier molecular flexibility index (Phi) is 7.09. The summed E-state index contributed by atoms with van der Waals surface area (Å²) in [6, 6.07) is 15.8. The second kappa shape index (κ2) is 10.5. The number of hydrogen-bond acceptors (Lipinski definition) is 6. The third kappa shape index (κ3) is 5.62. The van der Waals surface area contributed by atoms with E-state index in [1.54, 1.807) is 6.20 Å². The molecule has 0 spiro atoms. The summed E-state index contributed by atoms with van der Waals surface area (Å²) in [6.45, 7) is 8.00. The number of hydrogen-bond donors (Lipinski definition) is 2. The zero-order chi connectivity index (χ0) is 23.0. The largest absolute Gasteiger partial charge is 0.357 e. The summed E-state index contributed by atoms with van der Waals surface area (Å²) >= 11 is 0. The summed E-state index contributed by atoms with van der Waals surface area (Å²) in [5, 5.41) is 15.3. The van der Waals surface area contributed by atoms with Crippen molar-refractivity contribution >= 4 is 5.96 Å². The van der Waals surface area contributed by atoms with Gasteiger partial charge in [0.2, 0.25) is 0 Å². The molecule has 0 saturated carbocycles. The van der Waals surface area contributed by atoms with Crippen LogP contribution in [0.3, 0.4) is 0 Å². The average Bonchev–Trinajstić information content (AvgIpc) is 3.44. The molecule has 170 valence electrons. The van der Waals surface area contributed by atoms with Crippen molar-refractivity contribution in [1.82, 2.24) is 35.5 Å². The molecule has 3 heterocycles. The Morgan fingerprint density at radius 2 is 1.94 bits per heavy atom. The van der Waals surface area contributed by atoms with E-state index >= 15 is 0 Å². The molecular formula is C24H28N8O. The Bertz CT molecular complexity index is 1210. The van der Waals surface area contributed by atoms with E-state index in [0.717, 1.165) is 35.1 Å². The minimum atomic E-state index is 0.423. The van der Waals surface area contributed by atoms with Crippen molar-refractivity contribution in [3.8, 4) is 17.3 Å². The molecule has 0 bridgehead atoms. The van der Waals surface area contributed by atoms with Crippen LogP contribution in [0.1, 0.15) is 29.7 Å². The van der Waals surface area contributed by atoms with E-state index in [9.17, 15) is 0 Å². The van der Waals surface area contributed by atoms with Gasteiger partial charge in [0, 0.05) is 31.4 Å². The van der Waals surface area contributed by atoms with Crippen molar-refractivity contribution < 1.29 is 4.52 Å². The van der Waals surface area contributed by atoms with E-state index in [2.05, 4.69) is 56.0 Å². The Labute approximate surface area is 193 Å². The fourth-order valence-corrected chi connectivity index (χ4v) is 3.47. The predicted octanol–water partition coefficient (Wildman–Crippen LogP) is 3.23. The molecule has 0 amide bonds. The summed E-state index contributed by atoms with van der Waals surface area (Å²) in [5.41, 5.74) is 4.89. The van der Waals surface area contributed by atoms with Crippen LogP contribution in [0.15, 0.2) is 64.2 Å². The number of para-hydroxylation sites is 1. The molecule has 0 saturated heterocycles. The molecule has 3 aromatic heterocycles. The standard InChI is InChI=1S/C24H28N8O/c1-4-25-24(27-14-12-22-29-23(33-31-22)20-10-7-8-13-26-20)28-16-19-9-5-6-11-21(19)32-18(3)15-17(2)30-32/h5-11,13,15H,4,12,14,16H2,1-3H3,(H2,25,27,28). The van der Waals surface area contributed by atoms with Crippen molar-refractivity contribution in [3.63, 3.8) is 0 Å². The van der Waals surface area contributed by atoms with Crippen molar-refractivity contribution in [2.45, 2.75) is 33.7 Å². The topological polar surface area (TPSA) is 106 Å². The number of aliphatic imine (C=N–C) groups is 1. The first-order valence-electron chi connectivity index (χ1n) is 11.0. The van der Waals surface area contributed by atoms with Crippen LogP contribution in [0.4, 0.5) is 0 Å². The van der Waals surface area contributed by atoms with E-state index in [4.69, 9.17) is 9.52 Å². The Hall–Kier alpha value is -4.01. The number of benzene rings is 1. The first-order valence-corrected chi connectivity index (χ1v) is 11.0. The summed E-state index contributed by atoms with van der Waals surface area (Å²) in [4.78, 5) is 13.4. The lowest BCUT2D eigenvalue weighted by Gasteiger charge is -2.12. The molecule has 0 aliphatic carbocycles. The van der Waals surface area contributed by atoms with Crippen LogP contribution >= 0.6 is 0 Å². The zero-order valence-corrected chi connectivity index (χ0v) is 19.1. The van der Waals surface area contributed by atoms with Gasteiger partial charge in [0.25, 0.3) is 5.89 Å². The highest BCUT2D eigenvalue weighted by Crippen LogP contribution is 2.18. The van der Waals surface area contributed by atoms with Crippen LogP contribution in [-0.2, 0) is 13.0 Å². The number of aryl methyl sites for hydroxylation is 2.